The molecule has 0 aliphatic heterocycles. The summed E-state index contributed by atoms with van der Waals surface area (Å²) in [4.78, 5) is 8.21. The molecule has 1 N–H and O–H groups in total. The van der Waals surface area contributed by atoms with Gasteiger partial charge in [0, 0.05) is 11.6 Å². The maximum absolute atomic E-state index is 12.3. The third-order valence-corrected chi connectivity index (χ3v) is 4.40. The zero-order chi connectivity index (χ0) is 14.9. The first-order valence-electron chi connectivity index (χ1n) is 6.05. The van der Waals surface area contributed by atoms with Gasteiger partial charge in [0.05, 0.1) is 10.4 Å². The van der Waals surface area contributed by atoms with E-state index in [1.807, 2.05) is 0 Å². The van der Waals surface area contributed by atoms with Gasteiger partial charge in [-0.05, 0) is 42.5 Å². The fourth-order valence-electron chi connectivity index (χ4n) is 1.87. The molecular weight excluding hydrogens is 310 g/mol. The van der Waals surface area contributed by atoms with Crippen LogP contribution >= 0.6 is 11.6 Å². The van der Waals surface area contributed by atoms with Crippen molar-refractivity contribution in [3.05, 3.63) is 59.9 Å². The highest BCUT2D eigenvalue weighted by Gasteiger charge is 2.15. The number of hydrogen-bond donors (Lipinski definition) is 1. The Hall–Kier alpha value is -2.18. The lowest BCUT2D eigenvalue weighted by molar-refractivity contribution is 0.601. The first-order valence-corrected chi connectivity index (χ1v) is 7.91. The Morgan fingerprint density at radius 1 is 1.05 bits per heavy atom. The van der Waals surface area contributed by atoms with Gasteiger partial charge in [0.2, 0.25) is 0 Å². The molecule has 0 amide bonds. The van der Waals surface area contributed by atoms with Crippen molar-refractivity contribution in [3.63, 3.8) is 0 Å². The molecule has 7 heteroatoms. The zero-order valence-electron chi connectivity index (χ0n) is 10.7. The van der Waals surface area contributed by atoms with Crippen molar-refractivity contribution < 1.29 is 8.42 Å². The van der Waals surface area contributed by atoms with Crippen LogP contribution in [0.1, 0.15) is 0 Å². The molecule has 2 heterocycles. The molecule has 0 saturated carbocycles. The molecule has 21 heavy (non-hydrogen) atoms. The average Bonchev–Trinajstić information content (AvgIpc) is 2.47. The molecule has 0 radical (unpaired) electrons. The van der Waals surface area contributed by atoms with Gasteiger partial charge in [-0.15, -0.1) is 0 Å². The van der Waals surface area contributed by atoms with E-state index in [-0.39, 0.29) is 10.7 Å². The monoisotopic (exact) mass is 319 g/mol. The van der Waals surface area contributed by atoms with Crippen molar-refractivity contribution >= 4 is 38.3 Å². The molecule has 0 atom stereocenters. The summed E-state index contributed by atoms with van der Waals surface area (Å²) in [5, 5.41) is 1.06. The number of hydrogen-bond acceptors (Lipinski definition) is 4. The second-order valence-electron chi connectivity index (χ2n) is 4.31. The quantitative estimate of drug-likeness (QED) is 0.753. The molecule has 1 aromatic carbocycles. The van der Waals surface area contributed by atoms with Crippen LogP contribution in [0.15, 0.2) is 59.6 Å². The van der Waals surface area contributed by atoms with Gasteiger partial charge in [-0.25, -0.2) is 18.4 Å². The second kappa shape index (κ2) is 5.31. The van der Waals surface area contributed by atoms with Crippen molar-refractivity contribution in [1.82, 2.24) is 9.97 Å². The minimum absolute atomic E-state index is 0.143. The van der Waals surface area contributed by atoms with E-state index in [0.717, 1.165) is 0 Å². The Morgan fingerprint density at radius 3 is 2.67 bits per heavy atom. The SMILES string of the molecule is O=S(=O)(Nc1ccccn1)c1ccc2nc(Cl)ccc2c1. The summed E-state index contributed by atoms with van der Waals surface area (Å²) in [6.07, 6.45) is 1.52. The smallest absolute Gasteiger partial charge is 0.263 e. The summed E-state index contributed by atoms with van der Waals surface area (Å²) in [6, 6.07) is 13.0. The minimum Gasteiger partial charge on any atom is -0.263 e. The number of rotatable bonds is 3. The number of pyridine rings is 2. The molecule has 0 spiro atoms. The lowest BCUT2D eigenvalue weighted by Crippen LogP contribution is -2.13. The third kappa shape index (κ3) is 2.96. The van der Waals surface area contributed by atoms with Gasteiger partial charge in [-0.2, -0.15) is 0 Å². The lowest BCUT2D eigenvalue weighted by atomic mass is 10.2. The minimum atomic E-state index is -3.69. The van der Waals surface area contributed by atoms with Crippen LogP contribution in [0.25, 0.3) is 10.9 Å². The van der Waals surface area contributed by atoms with E-state index < -0.39 is 10.0 Å². The number of nitrogens with zero attached hydrogens (tertiary/aromatic N) is 2. The molecule has 5 nitrogen and oxygen atoms in total. The Morgan fingerprint density at radius 2 is 1.90 bits per heavy atom. The molecule has 0 saturated heterocycles. The first kappa shape index (κ1) is 13.8. The van der Waals surface area contributed by atoms with Crippen LogP contribution in [0.2, 0.25) is 5.15 Å². The average molecular weight is 320 g/mol. The number of nitrogens with one attached hydrogen (secondary N) is 1. The van der Waals surface area contributed by atoms with Gasteiger partial charge in [0.1, 0.15) is 11.0 Å². The van der Waals surface area contributed by atoms with Crippen LogP contribution < -0.4 is 4.72 Å². The molecule has 0 bridgehead atoms. The summed E-state index contributed by atoms with van der Waals surface area (Å²) in [6.45, 7) is 0. The Balaban J connectivity index is 2.01. The van der Waals surface area contributed by atoms with Gasteiger partial charge in [0.15, 0.2) is 0 Å². The molecule has 0 aliphatic carbocycles. The number of benzene rings is 1. The molecule has 106 valence electrons. The number of aromatic nitrogens is 2. The van der Waals surface area contributed by atoms with E-state index in [0.29, 0.717) is 16.1 Å². The molecule has 0 aliphatic rings. The van der Waals surface area contributed by atoms with Gasteiger partial charge >= 0.3 is 0 Å². The molecule has 0 fully saturated rings. The second-order valence-corrected chi connectivity index (χ2v) is 6.38. The van der Waals surface area contributed by atoms with Crippen LogP contribution in [-0.4, -0.2) is 18.4 Å². The predicted molar refractivity (Wildman–Crippen MR) is 81.8 cm³/mol. The molecule has 3 aromatic rings. The standard InChI is InChI=1S/C14H10ClN3O2S/c15-13-7-4-10-9-11(5-6-12(10)17-13)21(19,20)18-14-3-1-2-8-16-14/h1-9H,(H,16,18). The van der Waals surface area contributed by atoms with Gasteiger partial charge in [-0.1, -0.05) is 17.7 Å². The van der Waals surface area contributed by atoms with E-state index in [1.54, 1.807) is 42.5 Å². The Kier molecular flexibility index (Phi) is 3.48. The molecule has 2 aromatic heterocycles. The summed E-state index contributed by atoms with van der Waals surface area (Å²) in [7, 11) is -3.69. The lowest BCUT2D eigenvalue weighted by Gasteiger charge is -2.08. The van der Waals surface area contributed by atoms with Gasteiger partial charge in [-0.3, -0.25) is 4.72 Å². The number of sulfonamides is 1. The summed E-state index contributed by atoms with van der Waals surface area (Å²) < 4.78 is 27.1. The largest absolute Gasteiger partial charge is 0.263 e. The van der Waals surface area contributed by atoms with Crippen LogP contribution in [0.3, 0.4) is 0 Å². The van der Waals surface area contributed by atoms with Crippen LogP contribution in [-0.2, 0) is 10.0 Å². The third-order valence-electron chi connectivity index (χ3n) is 2.84. The maximum atomic E-state index is 12.3. The summed E-state index contributed by atoms with van der Waals surface area (Å²) >= 11 is 5.81. The topological polar surface area (TPSA) is 72.0 Å². The zero-order valence-corrected chi connectivity index (χ0v) is 12.3. The van der Waals surface area contributed by atoms with Crippen molar-refractivity contribution in [1.29, 1.82) is 0 Å². The first-order chi connectivity index (χ1) is 10.0. The van der Waals surface area contributed by atoms with Crippen LogP contribution in [0.5, 0.6) is 0 Å². The highest BCUT2D eigenvalue weighted by atomic mass is 35.5. The fourth-order valence-corrected chi connectivity index (χ4v) is 3.06. The molecule has 0 unspecified atom stereocenters. The number of fused-ring (bicyclic) bond motifs is 1. The number of anilines is 1. The fraction of sp³-hybridized carbons (Fsp3) is 0. The van der Waals surface area contributed by atoms with E-state index in [9.17, 15) is 8.42 Å². The van der Waals surface area contributed by atoms with Crippen LogP contribution in [0, 0.1) is 0 Å². The Labute approximate surface area is 126 Å². The van der Waals surface area contributed by atoms with E-state index in [1.165, 1.54) is 12.3 Å². The van der Waals surface area contributed by atoms with Crippen molar-refractivity contribution in [2.24, 2.45) is 0 Å². The van der Waals surface area contributed by atoms with Crippen molar-refractivity contribution in [2.75, 3.05) is 4.72 Å². The highest BCUT2D eigenvalue weighted by Crippen LogP contribution is 2.21. The van der Waals surface area contributed by atoms with Crippen molar-refractivity contribution in [3.8, 4) is 0 Å². The Bertz CT molecular complexity index is 898. The predicted octanol–water partition coefficient (Wildman–Crippen LogP) is 3.08. The summed E-state index contributed by atoms with van der Waals surface area (Å²) in [5.41, 5.74) is 0.638. The molecule has 3 rings (SSSR count). The van der Waals surface area contributed by atoms with Crippen molar-refractivity contribution in [2.45, 2.75) is 4.90 Å². The maximum Gasteiger partial charge on any atom is 0.263 e. The van der Waals surface area contributed by atoms with Crippen LogP contribution in [0.4, 0.5) is 5.82 Å². The summed E-state index contributed by atoms with van der Waals surface area (Å²) in [5.74, 6) is 0.270. The van der Waals surface area contributed by atoms with E-state index in [2.05, 4.69) is 14.7 Å². The van der Waals surface area contributed by atoms with Gasteiger partial charge in [0.25, 0.3) is 10.0 Å². The van der Waals surface area contributed by atoms with E-state index in [4.69, 9.17) is 11.6 Å². The number of halogens is 1. The molecular formula is C14H10ClN3O2S. The normalized spacial score (nSPS) is 11.5. The highest BCUT2D eigenvalue weighted by molar-refractivity contribution is 7.92. The van der Waals surface area contributed by atoms with E-state index >= 15 is 0 Å². The van der Waals surface area contributed by atoms with Gasteiger partial charge < -0.3 is 0 Å².